The van der Waals surface area contributed by atoms with Crippen LogP contribution in [0.4, 0.5) is 0 Å². The first-order valence-corrected chi connectivity index (χ1v) is 4.05. The zero-order valence-electron chi connectivity index (χ0n) is 7.81. The molecule has 0 bridgehead atoms. The van der Waals surface area contributed by atoms with E-state index in [-0.39, 0.29) is 5.41 Å². The summed E-state index contributed by atoms with van der Waals surface area (Å²) in [5, 5.41) is 8.87. The van der Waals surface area contributed by atoms with Crippen LogP contribution in [0.15, 0.2) is 22.9 Å². The molecule has 0 amide bonds. The minimum atomic E-state index is -0.0856. The SMILES string of the molecule is CC1=CC(N)=C(C#N)C(C)(C)C1. The molecule has 0 aliphatic heterocycles. The molecule has 0 aromatic rings. The van der Waals surface area contributed by atoms with Gasteiger partial charge in [-0.05, 0) is 19.4 Å². The van der Waals surface area contributed by atoms with Crippen molar-refractivity contribution in [3.8, 4) is 6.07 Å². The van der Waals surface area contributed by atoms with E-state index in [1.165, 1.54) is 5.57 Å². The van der Waals surface area contributed by atoms with Gasteiger partial charge >= 0.3 is 0 Å². The van der Waals surface area contributed by atoms with Gasteiger partial charge in [-0.15, -0.1) is 0 Å². The maximum absolute atomic E-state index is 8.87. The predicted molar refractivity (Wildman–Crippen MR) is 49.0 cm³/mol. The maximum Gasteiger partial charge on any atom is 0.0974 e. The van der Waals surface area contributed by atoms with Crippen molar-refractivity contribution in [3.05, 3.63) is 22.9 Å². The van der Waals surface area contributed by atoms with Crippen LogP contribution in [0.3, 0.4) is 0 Å². The summed E-state index contributed by atoms with van der Waals surface area (Å²) in [6.07, 6.45) is 2.82. The van der Waals surface area contributed by atoms with Crippen LogP contribution in [0.25, 0.3) is 0 Å². The van der Waals surface area contributed by atoms with Gasteiger partial charge in [0.1, 0.15) is 0 Å². The summed E-state index contributed by atoms with van der Waals surface area (Å²) >= 11 is 0. The van der Waals surface area contributed by atoms with Crippen LogP contribution < -0.4 is 5.73 Å². The third kappa shape index (κ3) is 1.35. The Balaban J connectivity index is 3.20. The van der Waals surface area contributed by atoms with Gasteiger partial charge in [-0.2, -0.15) is 5.26 Å². The minimum Gasteiger partial charge on any atom is -0.398 e. The van der Waals surface area contributed by atoms with Crippen molar-refractivity contribution in [2.75, 3.05) is 0 Å². The number of allylic oxidation sites excluding steroid dienone is 3. The smallest absolute Gasteiger partial charge is 0.0974 e. The molecule has 0 saturated heterocycles. The Labute approximate surface area is 73.4 Å². The second-order valence-corrected chi connectivity index (χ2v) is 3.99. The fraction of sp³-hybridized carbons (Fsp3) is 0.500. The lowest BCUT2D eigenvalue weighted by Crippen LogP contribution is -2.22. The Kier molecular flexibility index (Phi) is 1.97. The molecule has 0 spiro atoms. The molecule has 1 aliphatic carbocycles. The van der Waals surface area contributed by atoms with Gasteiger partial charge in [0.15, 0.2) is 0 Å². The van der Waals surface area contributed by atoms with Gasteiger partial charge in [-0.1, -0.05) is 19.4 Å². The Bertz CT molecular complexity index is 300. The van der Waals surface area contributed by atoms with E-state index in [2.05, 4.69) is 19.9 Å². The average molecular weight is 162 g/mol. The molecule has 12 heavy (non-hydrogen) atoms. The third-order valence-electron chi connectivity index (χ3n) is 2.20. The number of hydrogen-bond donors (Lipinski definition) is 1. The topological polar surface area (TPSA) is 49.8 Å². The first-order valence-electron chi connectivity index (χ1n) is 4.05. The van der Waals surface area contributed by atoms with Crippen LogP contribution in [-0.2, 0) is 0 Å². The molecule has 2 nitrogen and oxygen atoms in total. The van der Waals surface area contributed by atoms with Gasteiger partial charge in [-0.3, -0.25) is 0 Å². The third-order valence-corrected chi connectivity index (χ3v) is 2.20. The van der Waals surface area contributed by atoms with Crippen LogP contribution in [0.1, 0.15) is 27.2 Å². The second-order valence-electron chi connectivity index (χ2n) is 3.99. The molecule has 0 atom stereocenters. The molecular formula is C10H14N2. The zero-order chi connectivity index (χ0) is 9.35. The number of nitrogens with zero attached hydrogens (tertiary/aromatic N) is 1. The molecule has 64 valence electrons. The van der Waals surface area contributed by atoms with Crippen LogP contribution in [0.5, 0.6) is 0 Å². The van der Waals surface area contributed by atoms with E-state index in [0.717, 1.165) is 6.42 Å². The highest BCUT2D eigenvalue weighted by molar-refractivity contribution is 5.42. The summed E-state index contributed by atoms with van der Waals surface area (Å²) < 4.78 is 0. The van der Waals surface area contributed by atoms with Crippen molar-refractivity contribution >= 4 is 0 Å². The molecule has 0 radical (unpaired) electrons. The van der Waals surface area contributed by atoms with E-state index in [4.69, 9.17) is 11.0 Å². The molecule has 0 unspecified atom stereocenters. The van der Waals surface area contributed by atoms with E-state index in [1.54, 1.807) is 0 Å². The Morgan fingerprint density at radius 1 is 1.58 bits per heavy atom. The highest BCUT2D eigenvalue weighted by Gasteiger charge is 2.28. The minimum absolute atomic E-state index is 0.0856. The highest BCUT2D eigenvalue weighted by Crippen LogP contribution is 2.37. The summed E-state index contributed by atoms with van der Waals surface area (Å²) in [6.45, 7) is 6.15. The summed E-state index contributed by atoms with van der Waals surface area (Å²) in [6, 6.07) is 2.17. The monoisotopic (exact) mass is 162 g/mol. The number of nitriles is 1. The molecule has 2 heteroatoms. The quantitative estimate of drug-likeness (QED) is 0.593. The summed E-state index contributed by atoms with van der Waals surface area (Å²) in [7, 11) is 0. The van der Waals surface area contributed by atoms with Crippen LogP contribution in [-0.4, -0.2) is 0 Å². The second kappa shape index (κ2) is 2.67. The fourth-order valence-corrected chi connectivity index (χ4v) is 1.78. The summed E-state index contributed by atoms with van der Waals surface area (Å²) in [5.41, 5.74) is 8.24. The van der Waals surface area contributed by atoms with Gasteiger partial charge in [0.2, 0.25) is 0 Å². The zero-order valence-corrected chi connectivity index (χ0v) is 7.81. The van der Waals surface area contributed by atoms with Crippen LogP contribution in [0, 0.1) is 16.7 Å². The molecule has 1 rings (SSSR count). The van der Waals surface area contributed by atoms with Crippen molar-refractivity contribution < 1.29 is 0 Å². The van der Waals surface area contributed by atoms with E-state index < -0.39 is 0 Å². The molecule has 1 aliphatic rings. The van der Waals surface area contributed by atoms with Gasteiger partial charge < -0.3 is 5.73 Å². The Morgan fingerprint density at radius 3 is 2.58 bits per heavy atom. The van der Waals surface area contributed by atoms with Gasteiger partial charge in [0.05, 0.1) is 11.6 Å². The molecule has 0 saturated carbocycles. The van der Waals surface area contributed by atoms with E-state index in [0.29, 0.717) is 11.3 Å². The van der Waals surface area contributed by atoms with Crippen molar-refractivity contribution in [3.63, 3.8) is 0 Å². The van der Waals surface area contributed by atoms with E-state index in [1.807, 2.05) is 13.0 Å². The number of rotatable bonds is 0. The number of nitrogens with two attached hydrogens (primary N) is 1. The molecule has 0 aromatic heterocycles. The summed E-state index contributed by atoms with van der Waals surface area (Å²) in [5.74, 6) is 0. The maximum atomic E-state index is 8.87. The standard InChI is InChI=1S/C10H14N2/c1-7-4-9(12)8(6-11)10(2,3)5-7/h4H,5,12H2,1-3H3. The van der Waals surface area contributed by atoms with Crippen LogP contribution in [0.2, 0.25) is 0 Å². The first-order chi connectivity index (χ1) is 5.47. The average Bonchev–Trinajstić information content (AvgIpc) is 1.82. The summed E-state index contributed by atoms with van der Waals surface area (Å²) in [4.78, 5) is 0. The Hall–Kier alpha value is -1.23. The molecule has 0 heterocycles. The Morgan fingerprint density at radius 2 is 2.17 bits per heavy atom. The van der Waals surface area contributed by atoms with Gasteiger partial charge in [-0.25, -0.2) is 0 Å². The fourth-order valence-electron chi connectivity index (χ4n) is 1.78. The predicted octanol–water partition coefficient (Wildman–Crippen LogP) is 2.10. The number of hydrogen-bond acceptors (Lipinski definition) is 2. The lowest BCUT2D eigenvalue weighted by Gasteiger charge is -2.28. The first kappa shape index (κ1) is 8.86. The van der Waals surface area contributed by atoms with E-state index >= 15 is 0 Å². The molecule has 2 N–H and O–H groups in total. The van der Waals surface area contributed by atoms with Gasteiger partial charge in [0, 0.05) is 11.1 Å². The lowest BCUT2D eigenvalue weighted by molar-refractivity contribution is 0.444. The normalized spacial score (nSPS) is 21.7. The largest absolute Gasteiger partial charge is 0.398 e. The van der Waals surface area contributed by atoms with Crippen molar-refractivity contribution in [1.29, 1.82) is 5.26 Å². The van der Waals surface area contributed by atoms with Gasteiger partial charge in [0.25, 0.3) is 0 Å². The van der Waals surface area contributed by atoms with Crippen molar-refractivity contribution in [1.82, 2.24) is 0 Å². The van der Waals surface area contributed by atoms with E-state index in [9.17, 15) is 0 Å². The van der Waals surface area contributed by atoms with Crippen LogP contribution >= 0.6 is 0 Å². The lowest BCUT2D eigenvalue weighted by atomic mass is 9.75. The van der Waals surface area contributed by atoms with Crippen molar-refractivity contribution in [2.45, 2.75) is 27.2 Å². The molecule has 0 fully saturated rings. The molecular weight excluding hydrogens is 148 g/mol. The molecule has 0 aromatic carbocycles. The highest BCUT2D eigenvalue weighted by atomic mass is 14.6. The van der Waals surface area contributed by atoms with Crippen molar-refractivity contribution in [2.24, 2.45) is 11.1 Å².